The molecule has 1 N–H and O–H groups in total. The van der Waals surface area contributed by atoms with Crippen LogP contribution in [0, 0.1) is 20.2 Å². The van der Waals surface area contributed by atoms with E-state index in [1.807, 2.05) is 0 Å². The average Bonchev–Trinajstić information content (AvgIpc) is 2.96. The Morgan fingerprint density at radius 2 is 1.75 bits per heavy atom. The molecule has 1 aromatic rings. The van der Waals surface area contributed by atoms with Gasteiger partial charge in [-0.2, -0.15) is 0 Å². The minimum Gasteiger partial charge on any atom is -0.446 e. The van der Waals surface area contributed by atoms with Crippen LogP contribution in [0.2, 0.25) is 0 Å². The Balaban J connectivity index is 1.71. The predicted molar refractivity (Wildman–Crippen MR) is 95.8 cm³/mol. The van der Waals surface area contributed by atoms with Crippen LogP contribution in [0.4, 0.5) is 17.1 Å². The van der Waals surface area contributed by atoms with Gasteiger partial charge >= 0.3 is 5.97 Å². The van der Waals surface area contributed by atoms with E-state index in [4.69, 9.17) is 4.74 Å². The van der Waals surface area contributed by atoms with E-state index in [0.717, 1.165) is 6.07 Å². The van der Waals surface area contributed by atoms with Gasteiger partial charge in [0.15, 0.2) is 11.6 Å². The molecule has 28 heavy (non-hydrogen) atoms. The Morgan fingerprint density at radius 1 is 1.07 bits per heavy atom. The highest BCUT2D eigenvalue weighted by Crippen LogP contribution is 2.28. The van der Waals surface area contributed by atoms with Crippen molar-refractivity contribution in [2.24, 2.45) is 0 Å². The number of unbranched alkanes of at least 4 members (excludes halogenated alkanes) is 2. The topological polar surface area (TPSA) is 159 Å². The molecule has 150 valence electrons. The number of rotatable bonds is 10. The molecule has 1 saturated carbocycles. The first-order valence-electron chi connectivity index (χ1n) is 8.71. The van der Waals surface area contributed by atoms with Crippen LogP contribution in [-0.4, -0.2) is 40.0 Å². The second kappa shape index (κ2) is 9.53. The van der Waals surface area contributed by atoms with Crippen LogP contribution in [0.1, 0.15) is 38.5 Å². The van der Waals surface area contributed by atoms with Gasteiger partial charge in [0.1, 0.15) is 5.69 Å². The lowest BCUT2D eigenvalue weighted by atomic mass is 10.2. The third-order valence-electron chi connectivity index (χ3n) is 4.21. The Labute approximate surface area is 159 Å². The fourth-order valence-corrected chi connectivity index (χ4v) is 2.74. The highest BCUT2D eigenvalue weighted by Gasteiger charge is 2.35. The lowest BCUT2D eigenvalue weighted by Gasteiger charge is -2.09. The van der Waals surface area contributed by atoms with Crippen molar-refractivity contribution in [3.8, 4) is 0 Å². The van der Waals surface area contributed by atoms with Gasteiger partial charge in [-0.25, -0.2) is 0 Å². The fourth-order valence-electron chi connectivity index (χ4n) is 2.74. The summed E-state index contributed by atoms with van der Waals surface area (Å²) in [6.45, 7) is 0.368. The number of hydrogen-bond acceptors (Lipinski definition) is 9. The number of Topliss-reactive ketones (excluding diaryl/α,β-unsaturated/α-hetero) is 2. The van der Waals surface area contributed by atoms with E-state index in [1.54, 1.807) is 0 Å². The van der Waals surface area contributed by atoms with Crippen LogP contribution in [-0.2, 0) is 19.1 Å². The molecule has 1 fully saturated rings. The molecule has 0 radical (unpaired) electrons. The predicted octanol–water partition coefficient (Wildman–Crippen LogP) is 2.32. The number of nitro benzene ring substituents is 2. The second-order valence-corrected chi connectivity index (χ2v) is 6.26. The first-order chi connectivity index (χ1) is 13.3. The molecular weight excluding hydrogens is 374 g/mol. The van der Waals surface area contributed by atoms with E-state index < -0.39 is 21.9 Å². The molecule has 0 spiro atoms. The number of esters is 1. The number of non-ortho nitro benzene ring substituents is 1. The molecule has 0 bridgehead atoms. The maximum Gasteiger partial charge on any atom is 0.306 e. The van der Waals surface area contributed by atoms with Gasteiger partial charge in [-0.3, -0.25) is 34.6 Å². The van der Waals surface area contributed by atoms with Crippen molar-refractivity contribution in [3.05, 3.63) is 38.4 Å². The molecule has 11 heteroatoms. The molecule has 0 unspecified atom stereocenters. The second-order valence-electron chi connectivity index (χ2n) is 6.26. The maximum atomic E-state index is 11.7. The van der Waals surface area contributed by atoms with Crippen molar-refractivity contribution in [1.82, 2.24) is 0 Å². The highest BCUT2D eigenvalue weighted by molar-refractivity contribution is 6.12. The van der Waals surface area contributed by atoms with Crippen molar-refractivity contribution < 1.29 is 29.0 Å². The molecule has 0 amide bonds. The van der Waals surface area contributed by atoms with Crippen molar-refractivity contribution >= 4 is 34.6 Å². The van der Waals surface area contributed by atoms with Gasteiger partial charge in [0, 0.05) is 31.9 Å². The molecule has 1 aliphatic carbocycles. The molecule has 2 rings (SSSR count). The number of hydrogen-bond donors (Lipinski definition) is 1. The van der Waals surface area contributed by atoms with Crippen LogP contribution in [0.25, 0.3) is 0 Å². The summed E-state index contributed by atoms with van der Waals surface area (Å²) in [4.78, 5) is 54.8. The van der Waals surface area contributed by atoms with Crippen molar-refractivity contribution in [3.63, 3.8) is 0 Å². The summed E-state index contributed by atoms with van der Waals surface area (Å²) >= 11 is 0. The summed E-state index contributed by atoms with van der Waals surface area (Å²) in [5.74, 6) is -1.34. The monoisotopic (exact) mass is 393 g/mol. The Hall–Kier alpha value is -3.37. The molecule has 0 atom stereocenters. The Kier molecular flexibility index (Phi) is 7.13. The lowest BCUT2D eigenvalue weighted by molar-refractivity contribution is -0.393. The van der Waals surface area contributed by atoms with Crippen LogP contribution in [0.15, 0.2) is 18.2 Å². The van der Waals surface area contributed by atoms with Gasteiger partial charge in [-0.15, -0.1) is 0 Å². The van der Waals surface area contributed by atoms with E-state index in [1.165, 1.54) is 12.1 Å². The van der Waals surface area contributed by atoms with E-state index in [-0.39, 0.29) is 47.9 Å². The van der Waals surface area contributed by atoms with Crippen molar-refractivity contribution in [2.75, 3.05) is 11.9 Å². The fraction of sp³-hybridized carbons (Fsp3) is 0.471. The smallest absolute Gasteiger partial charge is 0.306 e. The van der Waals surface area contributed by atoms with Crippen LogP contribution in [0.5, 0.6) is 0 Å². The number of nitro groups is 2. The minimum atomic E-state index is -1.25. The highest BCUT2D eigenvalue weighted by atomic mass is 16.6. The molecule has 1 aromatic carbocycles. The normalized spacial score (nSPS) is 14.1. The van der Waals surface area contributed by atoms with E-state index in [2.05, 4.69) is 5.32 Å². The first kappa shape index (κ1) is 20.9. The van der Waals surface area contributed by atoms with Crippen LogP contribution in [0.3, 0.4) is 0 Å². The van der Waals surface area contributed by atoms with E-state index >= 15 is 0 Å². The Bertz CT molecular complexity index is 792. The summed E-state index contributed by atoms with van der Waals surface area (Å²) < 4.78 is 4.90. The van der Waals surface area contributed by atoms with Gasteiger partial charge in [0.2, 0.25) is 6.10 Å². The molecule has 1 aliphatic rings. The average molecular weight is 393 g/mol. The summed E-state index contributed by atoms with van der Waals surface area (Å²) in [6.07, 6.45) is 0.691. The van der Waals surface area contributed by atoms with Gasteiger partial charge in [-0.05, 0) is 18.9 Å². The summed E-state index contributed by atoms with van der Waals surface area (Å²) in [5, 5.41) is 24.6. The molecule has 0 saturated heterocycles. The SMILES string of the molecule is O=C(CCCCCNc1ccc([N+](=O)[O-])cc1[N+](=O)[O-])OC1C(=O)CCC1=O. The van der Waals surface area contributed by atoms with E-state index in [0.29, 0.717) is 25.8 Å². The standard InChI is InChI=1S/C17H19N3O8/c21-14-7-8-15(22)17(14)28-16(23)4-2-1-3-9-18-12-6-5-11(19(24)25)10-13(12)20(26)27/h5-6,10,17-18H,1-4,7-9H2. The van der Waals surface area contributed by atoms with Gasteiger partial charge in [-0.1, -0.05) is 6.42 Å². The zero-order valence-corrected chi connectivity index (χ0v) is 14.9. The lowest BCUT2D eigenvalue weighted by Crippen LogP contribution is -2.28. The number of ketones is 2. The molecule has 0 aromatic heterocycles. The largest absolute Gasteiger partial charge is 0.446 e. The molecule has 0 heterocycles. The number of anilines is 1. The number of nitrogens with one attached hydrogen (secondary N) is 1. The molecular formula is C17H19N3O8. The van der Waals surface area contributed by atoms with E-state index in [9.17, 15) is 34.6 Å². The summed E-state index contributed by atoms with van der Waals surface area (Å²) in [7, 11) is 0. The number of benzene rings is 1. The zero-order chi connectivity index (χ0) is 20.7. The number of ether oxygens (including phenoxy) is 1. The quantitative estimate of drug-likeness (QED) is 0.207. The third kappa shape index (κ3) is 5.56. The van der Waals surface area contributed by atoms with Gasteiger partial charge in [0.25, 0.3) is 11.4 Å². The van der Waals surface area contributed by atoms with Gasteiger partial charge < -0.3 is 10.1 Å². The number of carbonyl (C=O) groups is 3. The third-order valence-corrected chi connectivity index (χ3v) is 4.21. The van der Waals surface area contributed by atoms with Crippen molar-refractivity contribution in [1.29, 1.82) is 0 Å². The minimum absolute atomic E-state index is 0.0642. The van der Waals surface area contributed by atoms with Gasteiger partial charge in [0.05, 0.1) is 15.9 Å². The Morgan fingerprint density at radius 3 is 2.36 bits per heavy atom. The summed E-state index contributed by atoms with van der Waals surface area (Å²) in [6, 6.07) is 3.35. The molecule has 11 nitrogen and oxygen atoms in total. The summed E-state index contributed by atoms with van der Waals surface area (Å²) in [5.41, 5.74) is -0.577. The van der Waals surface area contributed by atoms with Crippen molar-refractivity contribution in [2.45, 2.75) is 44.6 Å². The molecule has 0 aliphatic heterocycles. The first-order valence-corrected chi connectivity index (χ1v) is 8.71. The zero-order valence-electron chi connectivity index (χ0n) is 14.9. The number of nitrogens with zero attached hydrogens (tertiary/aromatic N) is 2. The van der Waals surface area contributed by atoms with Crippen LogP contribution >= 0.6 is 0 Å². The maximum absolute atomic E-state index is 11.7. The van der Waals surface area contributed by atoms with Crippen LogP contribution < -0.4 is 5.32 Å². The number of carbonyl (C=O) groups excluding carboxylic acids is 3.